The molecule has 0 heterocycles. The van der Waals surface area contributed by atoms with Crippen molar-refractivity contribution in [3.8, 4) is 5.75 Å². The van der Waals surface area contributed by atoms with E-state index in [1.165, 1.54) is 31.4 Å². The van der Waals surface area contributed by atoms with Crippen LogP contribution in [0.3, 0.4) is 0 Å². The van der Waals surface area contributed by atoms with Gasteiger partial charge < -0.3 is 14.6 Å². The number of carbonyl (C=O) groups is 2. The van der Waals surface area contributed by atoms with Crippen molar-refractivity contribution in [1.82, 2.24) is 5.32 Å². The van der Waals surface area contributed by atoms with Crippen LogP contribution in [0.25, 0.3) is 0 Å². The molecule has 0 fully saturated rings. The predicted octanol–water partition coefficient (Wildman–Crippen LogP) is 0.926. The van der Waals surface area contributed by atoms with Gasteiger partial charge in [0.15, 0.2) is 0 Å². The van der Waals surface area contributed by atoms with E-state index in [4.69, 9.17) is 4.74 Å². The standard InChI is InChI=1S/C21H33NO6S.Na/c1-3-5-7-8-9-10-12-20(23)22-19(11-6-4-2)21(24)28-17-13-15-18(16-14-17)29(25,26)27;/h13-16,19H,3-12H2,1-2H3,(H,22,23)(H,25,26,27);/q;+1/p-1. The molecule has 0 aliphatic carbocycles. The Morgan fingerprint density at radius 2 is 1.53 bits per heavy atom. The molecule has 1 rings (SSSR count). The first-order valence-electron chi connectivity index (χ1n) is 10.3. The molecule has 1 unspecified atom stereocenters. The van der Waals surface area contributed by atoms with E-state index >= 15 is 0 Å². The third-order valence-corrected chi connectivity index (χ3v) is 5.40. The van der Waals surface area contributed by atoms with Crippen LogP contribution in [0.4, 0.5) is 0 Å². The summed E-state index contributed by atoms with van der Waals surface area (Å²) >= 11 is 0. The summed E-state index contributed by atoms with van der Waals surface area (Å²) in [5, 5.41) is 2.75. The number of ether oxygens (including phenoxy) is 1. The van der Waals surface area contributed by atoms with Gasteiger partial charge in [-0.1, -0.05) is 58.8 Å². The van der Waals surface area contributed by atoms with Crippen molar-refractivity contribution >= 4 is 22.0 Å². The second-order valence-electron chi connectivity index (χ2n) is 7.13. The van der Waals surface area contributed by atoms with Crippen LogP contribution in [0.5, 0.6) is 5.75 Å². The smallest absolute Gasteiger partial charge is 0.744 e. The topological polar surface area (TPSA) is 113 Å². The molecule has 0 radical (unpaired) electrons. The van der Waals surface area contributed by atoms with Crippen molar-refractivity contribution in [1.29, 1.82) is 0 Å². The number of unbranched alkanes of at least 4 members (excludes halogenated alkanes) is 6. The summed E-state index contributed by atoms with van der Waals surface area (Å²) < 4.78 is 38.2. The van der Waals surface area contributed by atoms with Crippen LogP contribution < -0.4 is 39.6 Å². The summed E-state index contributed by atoms with van der Waals surface area (Å²) in [6.07, 6.45) is 8.91. The summed E-state index contributed by atoms with van der Waals surface area (Å²) in [4.78, 5) is 24.3. The Kier molecular flexibility index (Phi) is 15.3. The van der Waals surface area contributed by atoms with Gasteiger partial charge in [-0.05, 0) is 37.1 Å². The molecule has 1 aromatic rings. The van der Waals surface area contributed by atoms with E-state index in [-0.39, 0.29) is 41.2 Å². The Balaban J connectivity index is 0.00000841. The van der Waals surface area contributed by atoms with E-state index in [9.17, 15) is 22.6 Å². The van der Waals surface area contributed by atoms with Crippen LogP contribution in [0.2, 0.25) is 0 Å². The van der Waals surface area contributed by atoms with Crippen molar-refractivity contribution in [2.24, 2.45) is 0 Å². The molecule has 0 bridgehead atoms. The molecule has 1 N–H and O–H groups in total. The summed E-state index contributed by atoms with van der Waals surface area (Å²) in [6, 6.07) is 3.91. The molecule has 164 valence electrons. The van der Waals surface area contributed by atoms with Crippen LogP contribution in [0, 0.1) is 0 Å². The Morgan fingerprint density at radius 1 is 0.967 bits per heavy atom. The molecule has 1 atom stereocenters. The maximum Gasteiger partial charge on any atom is 1.00 e. The molecule has 0 aliphatic heterocycles. The number of hydrogen-bond donors (Lipinski definition) is 1. The Hall–Kier alpha value is -0.930. The SMILES string of the molecule is CCCCCCCCC(=O)NC(CCCC)C(=O)Oc1ccc(S(=O)(=O)[O-])cc1.[Na+]. The van der Waals surface area contributed by atoms with E-state index in [2.05, 4.69) is 12.2 Å². The van der Waals surface area contributed by atoms with Gasteiger partial charge in [0.1, 0.15) is 21.9 Å². The van der Waals surface area contributed by atoms with Gasteiger partial charge in [-0.15, -0.1) is 0 Å². The zero-order chi connectivity index (χ0) is 21.7. The van der Waals surface area contributed by atoms with Gasteiger partial charge in [0, 0.05) is 6.42 Å². The summed E-state index contributed by atoms with van der Waals surface area (Å²) in [5.74, 6) is -0.659. The molecule has 30 heavy (non-hydrogen) atoms. The van der Waals surface area contributed by atoms with Gasteiger partial charge in [-0.3, -0.25) is 4.79 Å². The van der Waals surface area contributed by atoms with Crippen LogP contribution in [0.1, 0.15) is 78.1 Å². The quantitative estimate of drug-likeness (QED) is 0.149. The van der Waals surface area contributed by atoms with Gasteiger partial charge in [0.2, 0.25) is 5.91 Å². The molecule has 0 spiro atoms. The molecule has 1 amide bonds. The first kappa shape index (κ1) is 29.1. The Labute approximate surface area is 202 Å². The van der Waals surface area contributed by atoms with Crippen molar-refractivity contribution in [3.63, 3.8) is 0 Å². The minimum absolute atomic E-state index is 0. The van der Waals surface area contributed by atoms with Crippen LogP contribution in [0.15, 0.2) is 29.2 Å². The largest absolute Gasteiger partial charge is 1.00 e. The average Bonchev–Trinajstić information content (AvgIpc) is 2.67. The van der Waals surface area contributed by atoms with E-state index in [1.807, 2.05) is 6.92 Å². The average molecular weight is 450 g/mol. The maximum atomic E-state index is 12.5. The molecular formula is C21H32NNaO6S. The number of rotatable bonds is 14. The van der Waals surface area contributed by atoms with Crippen molar-refractivity contribution in [2.45, 2.75) is 89.0 Å². The molecule has 0 saturated carbocycles. The van der Waals surface area contributed by atoms with Gasteiger partial charge >= 0.3 is 35.5 Å². The zero-order valence-electron chi connectivity index (χ0n) is 18.3. The molecular weight excluding hydrogens is 417 g/mol. The third kappa shape index (κ3) is 12.1. The van der Waals surface area contributed by atoms with Gasteiger partial charge in [-0.2, -0.15) is 0 Å². The monoisotopic (exact) mass is 449 g/mol. The second kappa shape index (κ2) is 15.8. The number of amides is 1. The Bertz CT molecular complexity index is 736. The minimum Gasteiger partial charge on any atom is -0.744 e. The molecule has 1 aromatic carbocycles. The fourth-order valence-electron chi connectivity index (χ4n) is 2.85. The van der Waals surface area contributed by atoms with E-state index in [1.54, 1.807) is 0 Å². The fraction of sp³-hybridized carbons (Fsp3) is 0.619. The van der Waals surface area contributed by atoms with Gasteiger partial charge in [0.25, 0.3) is 0 Å². The molecule has 0 saturated heterocycles. The minimum atomic E-state index is -4.56. The zero-order valence-corrected chi connectivity index (χ0v) is 21.1. The van der Waals surface area contributed by atoms with E-state index in [0.717, 1.165) is 44.2 Å². The van der Waals surface area contributed by atoms with Crippen LogP contribution in [-0.4, -0.2) is 30.9 Å². The number of esters is 1. The number of nitrogens with one attached hydrogen (secondary N) is 1. The van der Waals surface area contributed by atoms with E-state index < -0.39 is 27.0 Å². The first-order chi connectivity index (χ1) is 13.8. The third-order valence-electron chi connectivity index (χ3n) is 4.55. The van der Waals surface area contributed by atoms with Gasteiger partial charge in [-0.25, -0.2) is 13.2 Å². The Morgan fingerprint density at radius 3 is 2.10 bits per heavy atom. The number of hydrogen-bond acceptors (Lipinski definition) is 6. The first-order valence-corrected chi connectivity index (χ1v) is 11.8. The van der Waals surface area contributed by atoms with Crippen molar-refractivity contribution < 1.29 is 56.9 Å². The molecule has 7 nitrogen and oxygen atoms in total. The van der Waals surface area contributed by atoms with Crippen LogP contribution >= 0.6 is 0 Å². The summed E-state index contributed by atoms with van der Waals surface area (Å²) in [5.41, 5.74) is 0. The van der Waals surface area contributed by atoms with Crippen LogP contribution in [-0.2, 0) is 19.7 Å². The van der Waals surface area contributed by atoms with Gasteiger partial charge in [0.05, 0.1) is 4.90 Å². The molecule has 0 aromatic heterocycles. The molecule has 9 heteroatoms. The van der Waals surface area contributed by atoms with Crippen molar-refractivity contribution in [3.05, 3.63) is 24.3 Å². The van der Waals surface area contributed by atoms with Crippen molar-refractivity contribution in [2.75, 3.05) is 0 Å². The predicted molar refractivity (Wildman–Crippen MR) is 109 cm³/mol. The maximum absolute atomic E-state index is 12.5. The summed E-state index contributed by atoms with van der Waals surface area (Å²) in [6.45, 7) is 4.14. The normalized spacial score (nSPS) is 12.0. The fourth-order valence-corrected chi connectivity index (χ4v) is 3.32. The second-order valence-corrected chi connectivity index (χ2v) is 8.51. The van der Waals surface area contributed by atoms with E-state index in [0.29, 0.717) is 12.8 Å². The number of benzene rings is 1. The summed E-state index contributed by atoms with van der Waals surface area (Å²) in [7, 11) is -4.56. The number of carbonyl (C=O) groups excluding carboxylic acids is 2. The molecule has 0 aliphatic rings.